The molecule has 19 heavy (non-hydrogen) atoms. The van der Waals surface area contributed by atoms with Gasteiger partial charge in [0.05, 0.1) is 18.2 Å². The van der Waals surface area contributed by atoms with Crippen LogP contribution < -0.4 is 0 Å². The van der Waals surface area contributed by atoms with Crippen LogP contribution in [-0.2, 0) is 0 Å². The molecule has 0 aliphatic carbocycles. The lowest BCUT2D eigenvalue weighted by atomic mass is 10.0. The van der Waals surface area contributed by atoms with Gasteiger partial charge in [0.25, 0.3) is 5.91 Å². The lowest BCUT2D eigenvalue weighted by molar-refractivity contribution is 0.0619. The Morgan fingerprint density at radius 3 is 2.89 bits per heavy atom. The average Bonchev–Trinajstić information content (AvgIpc) is 2.78. The van der Waals surface area contributed by atoms with Crippen LogP contribution in [0.4, 0.5) is 0 Å². The Balaban J connectivity index is 2.32. The van der Waals surface area contributed by atoms with Gasteiger partial charge >= 0.3 is 5.97 Å². The highest BCUT2D eigenvalue weighted by Crippen LogP contribution is 2.25. The number of carbonyl (C=O) groups excluding carboxylic acids is 1. The maximum atomic E-state index is 12.4. The van der Waals surface area contributed by atoms with Crippen molar-refractivity contribution in [3.8, 4) is 0 Å². The van der Waals surface area contributed by atoms with Gasteiger partial charge in [-0.05, 0) is 24.5 Å². The van der Waals surface area contributed by atoms with Crippen molar-refractivity contribution < 1.29 is 19.8 Å². The van der Waals surface area contributed by atoms with Gasteiger partial charge in [0, 0.05) is 12.7 Å². The van der Waals surface area contributed by atoms with E-state index in [0.717, 1.165) is 6.42 Å². The van der Waals surface area contributed by atoms with Crippen molar-refractivity contribution in [2.24, 2.45) is 5.92 Å². The number of carboxylic acid groups (broad SMARTS) is 1. The first-order valence-electron chi connectivity index (χ1n) is 6.16. The van der Waals surface area contributed by atoms with Gasteiger partial charge in [-0.1, -0.05) is 6.92 Å². The first-order valence-corrected chi connectivity index (χ1v) is 6.16. The van der Waals surface area contributed by atoms with E-state index in [0.29, 0.717) is 6.54 Å². The number of aromatic carboxylic acids is 1. The first kappa shape index (κ1) is 13.5. The summed E-state index contributed by atoms with van der Waals surface area (Å²) in [6.45, 7) is 2.35. The minimum atomic E-state index is -1.18. The summed E-state index contributed by atoms with van der Waals surface area (Å²) < 4.78 is 0. The number of aromatic nitrogens is 1. The number of rotatable bonds is 3. The number of hydrogen-bond donors (Lipinski definition) is 2. The van der Waals surface area contributed by atoms with Crippen molar-refractivity contribution in [2.45, 2.75) is 19.4 Å². The number of amides is 1. The molecular formula is C13H16N2O4. The molecule has 1 amide bonds. The highest BCUT2D eigenvalue weighted by molar-refractivity contribution is 6.03. The summed E-state index contributed by atoms with van der Waals surface area (Å²) in [6.07, 6.45) is 2.19. The minimum absolute atomic E-state index is 0.0671. The van der Waals surface area contributed by atoms with E-state index in [4.69, 9.17) is 5.11 Å². The Morgan fingerprint density at radius 1 is 1.53 bits per heavy atom. The monoisotopic (exact) mass is 264 g/mol. The van der Waals surface area contributed by atoms with E-state index in [9.17, 15) is 14.7 Å². The molecule has 2 unspecified atom stereocenters. The van der Waals surface area contributed by atoms with Crippen molar-refractivity contribution in [3.05, 3.63) is 29.6 Å². The molecule has 2 rings (SSSR count). The molecule has 0 radical (unpaired) electrons. The minimum Gasteiger partial charge on any atom is -0.478 e. The molecule has 0 aromatic carbocycles. The number of carbonyl (C=O) groups is 2. The second-order valence-electron chi connectivity index (χ2n) is 4.72. The van der Waals surface area contributed by atoms with E-state index in [1.807, 2.05) is 6.92 Å². The maximum Gasteiger partial charge on any atom is 0.338 e. The highest BCUT2D eigenvalue weighted by Gasteiger charge is 2.36. The number of carboxylic acids is 1. The van der Waals surface area contributed by atoms with Crippen LogP contribution in [0.2, 0.25) is 0 Å². The molecule has 0 bridgehead atoms. The Kier molecular flexibility index (Phi) is 3.80. The molecule has 2 atom stereocenters. The Labute approximate surface area is 110 Å². The van der Waals surface area contributed by atoms with Crippen LogP contribution in [0.3, 0.4) is 0 Å². The summed E-state index contributed by atoms with van der Waals surface area (Å²) in [5.74, 6) is -1.41. The van der Waals surface area contributed by atoms with Gasteiger partial charge in [0.1, 0.15) is 5.69 Å². The fourth-order valence-corrected chi connectivity index (χ4v) is 2.42. The third-order valence-corrected chi connectivity index (χ3v) is 3.57. The molecule has 1 saturated heterocycles. The molecule has 2 N–H and O–H groups in total. The van der Waals surface area contributed by atoms with Gasteiger partial charge in [0.2, 0.25) is 0 Å². The van der Waals surface area contributed by atoms with Crippen molar-refractivity contribution in [3.63, 3.8) is 0 Å². The van der Waals surface area contributed by atoms with Crippen LogP contribution in [0.15, 0.2) is 18.3 Å². The first-order chi connectivity index (χ1) is 9.06. The molecule has 102 valence electrons. The topological polar surface area (TPSA) is 90.7 Å². The zero-order valence-corrected chi connectivity index (χ0v) is 10.6. The molecule has 2 heterocycles. The third kappa shape index (κ3) is 2.44. The molecular weight excluding hydrogens is 248 g/mol. The summed E-state index contributed by atoms with van der Waals surface area (Å²) in [7, 11) is 0. The zero-order chi connectivity index (χ0) is 14.0. The second kappa shape index (κ2) is 5.36. The van der Waals surface area contributed by atoms with Gasteiger partial charge in [-0.2, -0.15) is 0 Å². The van der Waals surface area contributed by atoms with Crippen molar-refractivity contribution >= 4 is 11.9 Å². The average molecular weight is 264 g/mol. The van der Waals surface area contributed by atoms with Crippen LogP contribution in [0, 0.1) is 5.92 Å². The number of pyridine rings is 1. The van der Waals surface area contributed by atoms with Crippen LogP contribution in [-0.4, -0.2) is 51.2 Å². The largest absolute Gasteiger partial charge is 0.478 e. The SMILES string of the molecule is CC1CCN(C(=O)c2ncccc2C(=O)O)C1CO. The number of nitrogens with zero attached hydrogens (tertiary/aromatic N) is 2. The molecule has 1 aliphatic rings. The summed E-state index contributed by atoms with van der Waals surface area (Å²) in [5, 5.41) is 18.4. The summed E-state index contributed by atoms with van der Waals surface area (Å²) in [4.78, 5) is 28.9. The number of aliphatic hydroxyl groups excluding tert-OH is 1. The molecule has 1 aliphatic heterocycles. The molecule has 6 nitrogen and oxygen atoms in total. The number of likely N-dealkylation sites (tertiary alicyclic amines) is 1. The van der Waals surface area contributed by atoms with E-state index in [2.05, 4.69) is 4.98 Å². The molecule has 1 aromatic heterocycles. The van der Waals surface area contributed by atoms with Gasteiger partial charge in [-0.15, -0.1) is 0 Å². The standard InChI is InChI=1S/C13H16N2O4/c1-8-4-6-15(10(8)7-16)12(17)11-9(13(18)19)3-2-5-14-11/h2-3,5,8,10,16H,4,6-7H2,1H3,(H,18,19). The fraction of sp³-hybridized carbons (Fsp3) is 0.462. The van der Waals surface area contributed by atoms with Crippen LogP contribution in [0.25, 0.3) is 0 Å². The number of hydrogen-bond acceptors (Lipinski definition) is 4. The van der Waals surface area contributed by atoms with Crippen molar-refractivity contribution in [1.82, 2.24) is 9.88 Å². The normalized spacial score (nSPS) is 22.5. The Bertz CT molecular complexity index is 503. The predicted molar refractivity (Wildman–Crippen MR) is 66.9 cm³/mol. The third-order valence-electron chi connectivity index (χ3n) is 3.57. The predicted octanol–water partition coefficient (Wildman–Crippen LogP) is 0.623. The maximum absolute atomic E-state index is 12.4. The lowest BCUT2D eigenvalue weighted by Crippen LogP contribution is -2.40. The van der Waals surface area contributed by atoms with Crippen LogP contribution in [0.5, 0.6) is 0 Å². The summed E-state index contributed by atoms with van der Waals surface area (Å²) in [5.41, 5.74) is -0.175. The molecule has 0 saturated carbocycles. The van der Waals surface area contributed by atoms with Gasteiger partial charge < -0.3 is 15.1 Å². The van der Waals surface area contributed by atoms with Gasteiger partial charge in [-0.3, -0.25) is 9.78 Å². The Hall–Kier alpha value is -1.95. The second-order valence-corrected chi connectivity index (χ2v) is 4.72. The lowest BCUT2D eigenvalue weighted by Gasteiger charge is -2.25. The van der Waals surface area contributed by atoms with Gasteiger partial charge in [-0.25, -0.2) is 4.79 Å². The van der Waals surface area contributed by atoms with E-state index < -0.39 is 11.9 Å². The van der Waals surface area contributed by atoms with E-state index in [-0.39, 0.29) is 29.8 Å². The smallest absolute Gasteiger partial charge is 0.338 e. The summed E-state index contributed by atoms with van der Waals surface area (Å²) in [6, 6.07) is 2.57. The van der Waals surface area contributed by atoms with Gasteiger partial charge in [0.15, 0.2) is 0 Å². The molecule has 6 heteroatoms. The van der Waals surface area contributed by atoms with E-state index in [1.54, 1.807) is 0 Å². The highest BCUT2D eigenvalue weighted by atomic mass is 16.4. The quantitative estimate of drug-likeness (QED) is 0.835. The summed E-state index contributed by atoms with van der Waals surface area (Å²) >= 11 is 0. The Morgan fingerprint density at radius 2 is 2.26 bits per heavy atom. The molecule has 1 aromatic rings. The molecule has 0 spiro atoms. The van der Waals surface area contributed by atoms with Crippen LogP contribution >= 0.6 is 0 Å². The van der Waals surface area contributed by atoms with Crippen molar-refractivity contribution in [2.75, 3.05) is 13.2 Å². The van der Waals surface area contributed by atoms with E-state index in [1.165, 1.54) is 23.2 Å². The molecule has 1 fully saturated rings. The van der Waals surface area contributed by atoms with Crippen LogP contribution in [0.1, 0.15) is 34.2 Å². The zero-order valence-electron chi connectivity index (χ0n) is 10.6. The van der Waals surface area contributed by atoms with E-state index >= 15 is 0 Å². The van der Waals surface area contributed by atoms with Crippen molar-refractivity contribution in [1.29, 1.82) is 0 Å². The fourth-order valence-electron chi connectivity index (χ4n) is 2.42. The number of aliphatic hydroxyl groups is 1.